The van der Waals surface area contributed by atoms with Crippen LogP contribution in [0.5, 0.6) is 5.75 Å². The average molecular weight is 399 g/mol. The third kappa shape index (κ3) is 3.85. The Balaban J connectivity index is 2.36. The van der Waals surface area contributed by atoms with E-state index in [4.69, 9.17) is 16.3 Å². The van der Waals surface area contributed by atoms with Crippen LogP contribution >= 0.6 is 35.6 Å². The Labute approximate surface area is 146 Å². The molecule has 0 saturated carbocycles. The molecular weight excluding hydrogens is 395 g/mol. The summed E-state index contributed by atoms with van der Waals surface area (Å²) in [4.78, 5) is 10.7. The van der Waals surface area contributed by atoms with Gasteiger partial charge in [0.2, 0.25) is 10.9 Å². The summed E-state index contributed by atoms with van der Waals surface area (Å²) in [6.07, 6.45) is 0. The predicted molar refractivity (Wildman–Crippen MR) is 81.9 cm³/mol. The Kier molecular flexibility index (Phi) is 5.79. The number of ether oxygens (including phenoxy) is 1. The van der Waals surface area contributed by atoms with Gasteiger partial charge in [0.25, 0.3) is 4.51 Å². The molecule has 0 atom stereocenters. The maximum atomic E-state index is 13.6. The molecular formula is C14H4ClF5O2S2. The number of halogens is 6. The summed E-state index contributed by atoms with van der Waals surface area (Å²) >= 11 is 9.73. The van der Waals surface area contributed by atoms with Crippen molar-refractivity contribution in [3.63, 3.8) is 0 Å². The summed E-state index contributed by atoms with van der Waals surface area (Å²) in [7, 11) is 0. The molecule has 0 bridgehead atoms. The lowest BCUT2D eigenvalue weighted by Crippen LogP contribution is -2.05. The number of benzene rings is 2. The lowest BCUT2D eigenvalue weighted by atomic mass is 10.2. The number of rotatable bonds is 3. The topological polar surface area (TPSA) is 26.3 Å². The predicted octanol–water partition coefficient (Wildman–Crippen LogP) is 5.22. The van der Waals surface area contributed by atoms with Gasteiger partial charge in [-0.25, -0.2) is 22.0 Å². The van der Waals surface area contributed by atoms with Crippen LogP contribution in [0.2, 0.25) is 0 Å². The van der Waals surface area contributed by atoms with Crippen molar-refractivity contribution in [2.24, 2.45) is 0 Å². The highest BCUT2D eigenvalue weighted by atomic mass is 35.5. The molecule has 0 saturated heterocycles. The molecule has 0 aromatic heterocycles. The molecule has 0 aliphatic heterocycles. The zero-order valence-electron chi connectivity index (χ0n) is 11.2. The zero-order valence-corrected chi connectivity index (χ0v) is 13.6. The van der Waals surface area contributed by atoms with E-state index < -0.39 is 39.1 Å². The highest BCUT2D eigenvalue weighted by molar-refractivity contribution is 8.14. The van der Waals surface area contributed by atoms with Crippen LogP contribution in [0.1, 0.15) is 10.4 Å². The number of thiocarbonyl (C=S) groups is 1. The lowest BCUT2D eigenvalue weighted by molar-refractivity contribution is 0.108. The molecule has 24 heavy (non-hydrogen) atoms. The number of carbonyl (C=O) groups excluding carboxylic acids is 1. The van der Waals surface area contributed by atoms with Crippen LogP contribution in [0, 0.1) is 29.1 Å². The van der Waals surface area contributed by atoms with Crippen LogP contribution in [0.15, 0.2) is 29.2 Å². The van der Waals surface area contributed by atoms with Gasteiger partial charge in [-0.15, -0.1) is 0 Å². The van der Waals surface area contributed by atoms with E-state index in [1.165, 1.54) is 18.2 Å². The van der Waals surface area contributed by atoms with Gasteiger partial charge in [-0.1, -0.05) is 12.1 Å². The van der Waals surface area contributed by atoms with E-state index in [0.717, 1.165) is 6.07 Å². The van der Waals surface area contributed by atoms with Crippen LogP contribution in [-0.2, 0) is 0 Å². The Morgan fingerprint density at radius 1 is 1.00 bits per heavy atom. The number of hydrogen-bond donors (Lipinski definition) is 0. The molecule has 0 radical (unpaired) electrons. The number of hydrogen-bond acceptors (Lipinski definition) is 4. The second kappa shape index (κ2) is 7.45. The molecule has 0 spiro atoms. The first-order valence-corrected chi connectivity index (χ1v) is 7.53. The molecule has 10 heteroatoms. The maximum Gasteiger partial charge on any atom is 0.260 e. The van der Waals surface area contributed by atoms with Crippen LogP contribution < -0.4 is 4.74 Å². The van der Waals surface area contributed by atoms with E-state index in [0.29, 0.717) is 0 Å². The fraction of sp³-hybridized carbons (Fsp3) is 0. The fourth-order valence-corrected chi connectivity index (χ4v) is 2.58. The molecule has 2 aromatic rings. The second-order valence-electron chi connectivity index (χ2n) is 4.16. The van der Waals surface area contributed by atoms with Crippen molar-refractivity contribution >= 4 is 45.2 Å². The van der Waals surface area contributed by atoms with Crippen LogP contribution in [0.4, 0.5) is 22.0 Å². The van der Waals surface area contributed by atoms with E-state index in [1.54, 1.807) is 0 Å². The third-order valence-corrected chi connectivity index (χ3v) is 3.78. The lowest BCUT2D eigenvalue weighted by Gasteiger charge is -2.08. The van der Waals surface area contributed by atoms with Gasteiger partial charge in [0.15, 0.2) is 23.3 Å². The highest BCUT2D eigenvalue weighted by Gasteiger charge is 2.28. The van der Waals surface area contributed by atoms with Crippen LogP contribution in [-0.4, -0.2) is 9.63 Å². The monoisotopic (exact) mass is 398 g/mol. The van der Waals surface area contributed by atoms with Gasteiger partial charge >= 0.3 is 0 Å². The zero-order chi connectivity index (χ0) is 18.0. The Morgan fingerprint density at radius 3 is 2.08 bits per heavy atom. The summed E-state index contributed by atoms with van der Waals surface area (Å²) in [5, 5.41) is -0.968. The van der Waals surface area contributed by atoms with Crippen molar-refractivity contribution in [1.82, 2.24) is 0 Å². The summed E-state index contributed by atoms with van der Waals surface area (Å²) in [6.45, 7) is 0. The van der Waals surface area contributed by atoms with Crippen molar-refractivity contribution in [3.05, 3.63) is 58.9 Å². The largest absolute Gasteiger partial charge is 0.436 e. The molecule has 126 valence electrons. The molecule has 2 rings (SSSR count). The molecule has 2 nitrogen and oxygen atoms in total. The number of carbonyl (C=O) groups is 1. The van der Waals surface area contributed by atoms with Crippen molar-refractivity contribution < 1.29 is 31.5 Å². The van der Waals surface area contributed by atoms with Crippen molar-refractivity contribution in [1.29, 1.82) is 0 Å². The molecule has 0 N–H and O–H groups in total. The van der Waals surface area contributed by atoms with E-state index in [1.807, 2.05) is 0 Å². The number of thioether (sulfide) groups is 1. The van der Waals surface area contributed by atoms with Gasteiger partial charge in [0.05, 0.1) is 4.90 Å². The van der Waals surface area contributed by atoms with Crippen LogP contribution in [0.3, 0.4) is 0 Å². The molecule has 0 amide bonds. The first-order chi connectivity index (χ1) is 11.2. The summed E-state index contributed by atoms with van der Waals surface area (Å²) in [6, 6.07) is 5.16. The quantitative estimate of drug-likeness (QED) is 0.177. The minimum Gasteiger partial charge on any atom is -0.436 e. The Hall–Kier alpha value is -1.71. The second-order valence-corrected chi connectivity index (χ2v) is 6.08. The SMILES string of the molecule is O=C(Sc1c(F)c(F)c(F)c(F)c1F)c1cccc(OC(=S)Cl)c1. The summed E-state index contributed by atoms with van der Waals surface area (Å²) in [5.41, 5.74) is -0.116. The molecule has 0 fully saturated rings. The minimum absolute atomic E-state index is 0.0684. The molecule has 0 aliphatic carbocycles. The maximum absolute atomic E-state index is 13.6. The standard InChI is InChI=1S/C14H4ClF5O2S2/c15-14(23)22-6-3-1-2-5(4-6)13(21)24-12-10(19)8(17)7(16)9(18)11(12)20/h1-4H. The highest BCUT2D eigenvalue weighted by Crippen LogP contribution is 2.33. The Morgan fingerprint density at radius 2 is 1.54 bits per heavy atom. The van der Waals surface area contributed by atoms with Crippen molar-refractivity contribution in [2.45, 2.75) is 4.90 Å². The van der Waals surface area contributed by atoms with Gasteiger partial charge in [-0.05, 0) is 47.7 Å². The Bertz CT molecular complexity index is 815. The summed E-state index contributed by atoms with van der Waals surface area (Å²) in [5.74, 6) is -10.7. The van der Waals surface area contributed by atoms with Gasteiger partial charge < -0.3 is 4.74 Å². The summed E-state index contributed by atoms with van der Waals surface area (Å²) < 4.78 is 70.9. The van der Waals surface area contributed by atoms with Crippen LogP contribution in [0.25, 0.3) is 0 Å². The van der Waals surface area contributed by atoms with E-state index in [2.05, 4.69) is 12.2 Å². The van der Waals surface area contributed by atoms with Gasteiger partial charge in [-0.3, -0.25) is 4.79 Å². The average Bonchev–Trinajstić information content (AvgIpc) is 2.54. The first-order valence-electron chi connectivity index (χ1n) is 5.93. The molecule has 0 unspecified atom stereocenters. The normalized spacial score (nSPS) is 10.6. The van der Waals surface area contributed by atoms with Gasteiger partial charge in [0, 0.05) is 5.56 Å². The van der Waals surface area contributed by atoms with Gasteiger partial charge in [-0.2, -0.15) is 0 Å². The van der Waals surface area contributed by atoms with E-state index in [9.17, 15) is 26.7 Å². The molecule has 0 aliphatic rings. The van der Waals surface area contributed by atoms with E-state index in [-0.39, 0.29) is 27.6 Å². The van der Waals surface area contributed by atoms with Gasteiger partial charge in [0.1, 0.15) is 5.75 Å². The third-order valence-electron chi connectivity index (χ3n) is 2.63. The first kappa shape index (κ1) is 18.6. The smallest absolute Gasteiger partial charge is 0.260 e. The van der Waals surface area contributed by atoms with Crippen molar-refractivity contribution in [3.8, 4) is 5.75 Å². The van der Waals surface area contributed by atoms with Crippen molar-refractivity contribution in [2.75, 3.05) is 0 Å². The minimum atomic E-state index is -2.30. The molecule has 2 aromatic carbocycles. The fourth-order valence-electron chi connectivity index (χ4n) is 1.61. The molecule has 0 heterocycles. The van der Waals surface area contributed by atoms with E-state index >= 15 is 0 Å².